The van der Waals surface area contributed by atoms with Crippen molar-refractivity contribution in [1.82, 2.24) is 5.32 Å². The van der Waals surface area contributed by atoms with Crippen LogP contribution in [0, 0.1) is 11.8 Å². The molecule has 2 nitrogen and oxygen atoms in total. The van der Waals surface area contributed by atoms with E-state index in [1.165, 1.54) is 24.2 Å². The molecule has 1 aliphatic heterocycles. The summed E-state index contributed by atoms with van der Waals surface area (Å²) in [4.78, 5) is 0. The molecule has 1 saturated carbocycles. The van der Waals surface area contributed by atoms with Crippen molar-refractivity contribution < 1.29 is 5.11 Å². The maximum Gasteiger partial charge on any atom is 0.0522 e. The fraction of sp³-hybridized carbons (Fsp3) is 0.600. The molecule has 2 N–H and O–H groups in total. The van der Waals surface area contributed by atoms with Gasteiger partial charge in [-0.05, 0) is 42.0 Å². The lowest BCUT2D eigenvalue weighted by atomic mass is 9.84. The molecule has 1 heterocycles. The average molecular weight is 231 g/mol. The second-order valence-electron chi connectivity index (χ2n) is 6.18. The largest absolute Gasteiger partial charge is 0.395 e. The first-order chi connectivity index (χ1) is 8.13. The summed E-state index contributed by atoms with van der Waals surface area (Å²) >= 11 is 0. The van der Waals surface area contributed by atoms with E-state index in [9.17, 15) is 5.11 Å². The predicted molar refractivity (Wildman–Crippen MR) is 69.1 cm³/mol. The average Bonchev–Trinajstić information content (AvgIpc) is 2.83. The minimum Gasteiger partial charge on any atom is -0.395 e. The smallest absolute Gasteiger partial charge is 0.0522 e. The summed E-state index contributed by atoms with van der Waals surface area (Å²) in [7, 11) is 0. The van der Waals surface area contributed by atoms with Gasteiger partial charge in [0.15, 0.2) is 0 Å². The van der Waals surface area contributed by atoms with E-state index in [0.29, 0.717) is 0 Å². The standard InChI is InChI=1S/C15H21NO/c1-15(2,9-17)11-5-3-4-10(6-11)14-12-7-16-8-13(12)14/h3-6,12-14,16-17H,7-9H2,1-2H3/t12-,13+,14-. The number of hydrogen-bond donors (Lipinski definition) is 2. The van der Waals surface area contributed by atoms with E-state index in [1.54, 1.807) is 0 Å². The van der Waals surface area contributed by atoms with Gasteiger partial charge in [-0.15, -0.1) is 0 Å². The van der Waals surface area contributed by atoms with Crippen LogP contribution < -0.4 is 5.32 Å². The molecule has 2 aliphatic rings. The molecule has 1 aromatic rings. The van der Waals surface area contributed by atoms with Crippen LogP contribution in [0.15, 0.2) is 24.3 Å². The summed E-state index contributed by atoms with van der Waals surface area (Å²) in [5, 5.41) is 12.9. The molecule has 1 saturated heterocycles. The Hall–Kier alpha value is -0.860. The molecule has 0 radical (unpaired) electrons. The Morgan fingerprint density at radius 2 is 2.00 bits per heavy atom. The van der Waals surface area contributed by atoms with Gasteiger partial charge in [0.1, 0.15) is 0 Å². The van der Waals surface area contributed by atoms with Crippen LogP contribution in [0.3, 0.4) is 0 Å². The zero-order valence-corrected chi connectivity index (χ0v) is 10.6. The Balaban J connectivity index is 1.85. The number of fused-ring (bicyclic) bond motifs is 1. The van der Waals surface area contributed by atoms with Gasteiger partial charge in [-0.25, -0.2) is 0 Å². The van der Waals surface area contributed by atoms with Crippen molar-refractivity contribution in [3.63, 3.8) is 0 Å². The third kappa shape index (κ3) is 1.80. The van der Waals surface area contributed by atoms with Crippen LogP contribution in [0.1, 0.15) is 30.9 Å². The van der Waals surface area contributed by atoms with Gasteiger partial charge in [-0.2, -0.15) is 0 Å². The number of piperidine rings is 1. The number of benzene rings is 1. The highest BCUT2D eigenvalue weighted by Gasteiger charge is 2.53. The summed E-state index contributed by atoms with van der Waals surface area (Å²) in [6.45, 7) is 6.77. The van der Waals surface area contributed by atoms with Crippen molar-refractivity contribution in [1.29, 1.82) is 0 Å². The number of aliphatic hydroxyl groups excluding tert-OH is 1. The van der Waals surface area contributed by atoms with Gasteiger partial charge in [0.05, 0.1) is 6.61 Å². The molecule has 0 bridgehead atoms. The summed E-state index contributed by atoms with van der Waals surface area (Å²) in [5.74, 6) is 2.50. The van der Waals surface area contributed by atoms with Crippen LogP contribution in [-0.2, 0) is 5.41 Å². The molecule has 0 aromatic heterocycles. The summed E-state index contributed by atoms with van der Waals surface area (Å²) in [6.07, 6.45) is 0. The van der Waals surface area contributed by atoms with E-state index in [1.807, 2.05) is 0 Å². The first-order valence-electron chi connectivity index (χ1n) is 6.55. The second-order valence-corrected chi connectivity index (χ2v) is 6.18. The molecular weight excluding hydrogens is 210 g/mol. The first kappa shape index (κ1) is 11.2. The highest BCUT2D eigenvalue weighted by molar-refractivity contribution is 5.36. The number of nitrogens with one attached hydrogen (secondary N) is 1. The Labute approximate surface area is 103 Å². The molecule has 0 amide bonds. The van der Waals surface area contributed by atoms with Gasteiger partial charge in [-0.3, -0.25) is 0 Å². The summed E-state index contributed by atoms with van der Waals surface area (Å²) < 4.78 is 0. The number of hydrogen-bond acceptors (Lipinski definition) is 2. The SMILES string of the molecule is CC(C)(CO)c1cccc([C@@H]2[C@@H]3CNC[C@@H]32)c1. The van der Waals surface area contributed by atoms with Crippen LogP contribution in [0.2, 0.25) is 0 Å². The number of rotatable bonds is 3. The first-order valence-corrected chi connectivity index (χ1v) is 6.55. The van der Waals surface area contributed by atoms with E-state index in [0.717, 1.165) is 17.8 Å². The maximum atomic E-state index is 9.44. The zero-order chi connectivity index (χ0) is 12.0. The van der Waals surface area contributed by atoms with Crippen molar-refractivity contribution in [2.24, 2.45) is 11.8 Å². The Bertz CT molecular complexity index is 417. The Morgan fingerprint density at radius 1 is 1.29 bits per heavy atom. The Kier molecular flexibility index (Phi) is 2.53. The molecule has 3 rings (SSSR count). The van der Waals surface area contributed by atoms with Gasteiger partial charge in [0.25, 0.3) is 0 Å². The summed E-state index contributed by atoms with van der Waals surface area (Å²) in [5.41, 5.74) is 2.61. The van der Waals surface area contributed by atoms with Crippen LogP contribution in [0.25, 0.3) is 0 Å². The predicted octanol–water partition coefficient (Wildman–Crippen LogP) is 1.89. The van der Waals surface area contributed by atoms with Crippen molar-refractivity contribution in [2.45, 2.75) is 25.2 Å². The van der Waals surface area contributed by atoms with Crippen LogP contribution in [-0.4, -0.2) is 24.8 Å². The highest BCUT2D eigenvalue weighted by atomic mass is 16.3. The molecule has 2 fully saturated rings. The minimum atomic E-state index is -0.127. The van der Waals surface area contributed by atoms with Crippen LogP contribution in [0.5, 0.6) is 0 Å². The highest BCUT2D eigenvalue weighted by Crippen LogP contribution is 2.55. The lowest BCUT2D eigenvalue weighted by Crippen LogP contribution is -2.22. The fourth-order valence-electron chi connectivity index (χ4n) is 3.17. The Morgan fingerprint density at radius 3 is 2.65 bits per heavy atom. The van der Waals surface area contributed by atoms with Crippen molar-refractivity contribution in [3.05, 3.63) is 35.4 Å². The molecule has 0 unspecified atom stereocenters. The molecule has 2 heteroatoms. The van der Waals surface area contributed by atoms with Crippen LogP contribution >= 0.6 is 0 Å². The normalized spacial score (nSPS) is 31.4. The lowest BCUT2D eigenvalue weighted by Gasteiger charge is -2.23. The fourth-order valence-corrected chi connectivity index (χ4v) is 3.17. The quantitative estimate of drug-likeness (QED) is 0.832. The minimum absolute atomic E-state index is 0.127. The lowest BCUT2D eigenvalue weighted by molar-refractivity contribution is 0.218. The van der Waals surface area contributed by atoms with Crippen molar-refractivity contribution in [3.8, 4) is 0 Å². The molecule has 3 atom stereocenters. The molecule has 17 heavy (non-hydrogen) atoms. The van der Waals surface area contributed by atoms with Crippen molar-refractivity contribution in [2.75, 3.05) is 19.7 Å². The van der Waals surface area contributed by atoms with E-state index in [-0.39, 0.29) is 12.0 Å². The summed E-state index contributed by atoms with van der Waals surface area (Å²) in [6, 6.07) is 8.83. The molecular formula is C15H21NO. The number of aliphatic hydroxyl groups is 1. The van der Waals surface area contributed by atoms with Gasteiger partial charge in [-0.1, -0.05) is 38.1 Å². The van der Waals surface area contributed by atoms with Gasteiger partial charge in [0.2, 0.25) is 0 Å². The maximum absolute atomic E-state index is 9.44. The van der Waals surface area contributed by atoms with E-state index >= 15 is 0 Å². The monoisotopic (exact) mass is 231 g/mol. The van der Waals surface area contributed by atoms with Gasteiger partial charge in [0, 0.05) is 5.41 Å². The van der Waals surface area contributed by atoms with Crippen LogP contribution in [0.4, 0.5) is 0 Å². The second kappa shape index (κ2) is 3.82. The van der Waals surface area contributed by atoms with E-state index in [2.05, 4.69) is 43.4 Å². The topological polar surface area (TPSA) is 32.3 Å². The van der Waals surface area contributed by atoms with E-state index < -0.39 is 0 Å². The van der Waals surface area contributed by atoms with Gasteiger partial charge < -0.3 is 10.4 Å². The van der Waals surface area contributed by atoms with Gasteiger partial charge >= 0.3 is 0 Å². The molecule has 1 aliphatic carbocycles. The zero-order valence-electron chi connectivity index (χ0n) is 10.6. The third-order valence-electron chi connectivity index (χ3n) is 4.54. The molecule has 92 valence electrons. The molecule has 0 spiro atoms. The third-order valence-corrected chi connectivity index (χ3v) is 4.54. The van der Waals surface area contributed by atoms with Crippen molar-refractivity contribution >= 4 is 0 Å². The van der Waals surface area contributed by atoms with E-state index in [4.69, 9.17) is 0 Å². The molecule has 1 aromatic carbocycles.